The van der Waals surface area contributed by atoms with Crippen molar-refractivity contribution in [1.82, 2.24) is 4.57 Å². The number of carbonyl (C=O) groups excluding carboxylic acids is 1. The van der Waals surface area contributed by atoms with Crippen LogP contribution >= 0.6 is 24.0 Å². The summed E-state index contributed by atoms with van der Waals surface area (Å²) in [5.74, 6) is -0.0736. The van der Waals surface area contributed by atoms with E-state index in [-0.39, 0.29) is 5.91 Å². The Hall–Kier alpha value is -2.57. The second kappa shape index (κ2) is 6.87. The van der Waals surface area contributed by atoms with Gasteiger partial charge in [-0.15, -0.1) is 0 Å². The van der Waals surface area contributed by atoms with Crippen LogP contribution in [-0.2, 0) is 11.8 Å². The van der Waals surface area contributed by atoms with Gasteiger partial charge in [0.15, 0.2) is 4.32 Å². The van der Waals surface area contributed by atoms with E-state index in [4.69, 9.17) is 12.2 Å². The molecule has 3 aromatic rings. The van der Waals surface area contributed by atoms with Crippen molar-refractivity contribution in [3.8, 4) is 0 Å². The summed E-state index contributed by atoms with van der Waals surface area (Å²) in [7, 11) is 5.99. The number of fused-ring (bicyclic) bond motifs is 1. The number of amides is 1. The number of rotatable bonds is 3. The molecule has 1 fully saturated rings. The molecule has 27 heavy (non-hydrogen) atoms. The lowest BCUT2D eigenvalue weighted by molar-refractivity contribution is -0.113. The quantitative estimate of drug-likeness (QED) is 0.478. The first-order valence-corrected chi connectivity index (χ1v) is 9.77. The van der Waals surface area contributed by atoms with Crippen molar-refractivity contribution < 1.29 is 4.79 Å². The predicted molar refractivity (Wildman–Crippen MR) is 119 cm³/mol. The molecule has 2 heterocycles. The average Bonchev–Trinajstić information content (AvgIpc) is 3.12. The van der Waals surface area contributed by atoms with E-state index in [1.165, 1.54) is 11.8 Å². The normalized spacial score (nSPS) is 16.0. The summed E-state index contributed by atoms with van der Waals surface area (Å²) in [6.07, 6.45) is 3.99. The number of hydrogen-bond donors (Lipinski definition) is 0. The topological polar surface area (TPSA) is 28.5 Å². The Morgan fingerprint density at radius 3 is 2.48 bits per heavy atom. The highest BCUT2D eigenvalue weighted by molar-refractivity contribution is 8.27. The first-order chi connectivity index (χ1) is 13.0. The molecule has 0 N–H and O–H groups in total. The first kappa shape index (κ1) is 17.8. The van der Waals surface area contributed by atoms with Gasteiger partial charge >= 0.3 is 0 Å². The molecule has 4 rings (SSSR count). The maximum absolute atomic E-state index is 13.0. The Morgan fingerprint density at radius 1 is 1.07 bits per heavy atom. The van der Waals surface area contributed by atoms with Gasteiger partial charge in [-0.05, 0) is 36.4 Å². The van der Waals surface area contributed by atoms with Crippen LogP contribution < -0.4 is 9.80 Å². The summed E-state index contributed by atoms with van der Waals surface area (Å²) < 4.78 is 2.63. The molecule has 2 aromatic carbocycles. The number of aryl methyl sites for hydroxylation is 1. The molecule has 4 nitrogen and oxygen atoms in total. The molecule has 0 aliphatic carbocycles. The van der Waals surface area contributed by atoms with Crippen molar-refractivity contribution >= 4 is 62.6 Å². The van der Waals surface area contributed by atoms with E-state index in [0.29, 0.717) is 9.23 Å². The van der Waals surface area contributed by atoms with Gasteiger partial charge in [0.05, 0.1) is 10.6 Å². The first-order valence-electron chi connectivity index (χ1n) is 8.55. The van der Waals surface area contributed by atoms with Crippen LogP contribution in [0.15, 0.2) is 59.6 Å². The van der Waals surface area contributed by atoms with Gasteiger partial charge in [0.25, 0.3) is 5.91 Å². The lowest BCUT2D eigenvalue weighted by Gasteiger charge is -2.17. The van der Waals surface area contributed by atoms with Gasteiger partial charge in [0, 0.05) is 49.5 Å². The Labute approximate surface area is 168 Å². The monoisotopic (exact) mass is 393 g/mol. The molecule has 0 atom stereocenters. The number of aromatic nitrogens is 1. The Bertz CT molecular complexity index is 1080. The number of nitrogens with zero attached hydrogens (tertiary/aromatic N) is 3. The molecule has 1 amide bonds. The van der Waals surface area contributed by atoms with E-state index in [1.807, 2.05) is 74.7 Å². The van der Waals surface area contributed by atoms with Crippen molar-refractivity contribution in [1.29, 1.82) is 0 Å². The molecule has 0 spiro atoms. The fourth-order valence-electron chi connectivity index (χ4n) is 3.22. The number of thiocarbonyl (C=S) groups is 1. The summed E-state index contributed by atoms with van der Waals surface area (Å²) in [4.78, 5) is 17.3. The van der Waals surface area contributed by atoms with Gasteiger partial charge in [-0.25, -0.2) is 0 Å². The number of hydrogen-bond acceptors (Lipinski definition) is 4. The van der Waals surface area contributed by atoms with Crippen molar-refractivity contribution in [3.05, 3.63) is 65.2 Å². The molecule has 136 valence electrons. The second-order valence-corrected chi connectivity index (χ2v) is 8.32. The number of thioether (sulfide) groups is 1. The highest BCUT2D eigenvalue weighted by atomic mass is 32.2. The van der Waals surface area contributed by atoms with E-state index in [1.54, 1.807) is 4.90 Å². The largest absolute Gasteiger partial charge is 0.378 e. The maximum Gasteiger partial charge on any atom is 0.270 e. The molecular weight excluding hydrogens is 374 g/mol. The molecule has 1 saturated heterocycles. The molecule has 1 aromatic heterocycles. The fraction of sp³-hybridized carbons (Fsp3) is 0.143. The van der Waals surface area contributed by atoms with E-state index >= 15 is 0 Å². The third-order valence-electron chi connectivity index (χ3n) is 4.63. The minimum absolute atomic E-state index is 0.0736. The summed E-state index contributed by atoms with van der Waals surface area (Å²) in [5.41, 5.74) is 4.04. The number of anilines is 2. The van der Waals surface area contributed by atoms with Gasteiger partial charge in [0.2, 0.25) is 0 Å². The third kappa shape index (κ3) is 3.15. The van der Waals surface area contributed by atoms with E-state index in [0.717, 1.165) is 27.8 Å². The van der Waals surface area contributed by atoms with E-state index in [2.05, 4.69) is 16.7 Å². The highest BCUT2D eigenvalue weighted by Gasteiger charge is 2.33. The zero-order chi connectivity index (χ0) is 19.1. The van der Waals surface area contributed by atoms with Crippen LogP contribution in [0.3, 0.4) is 0 Å². The zero-order valence-corrected chi connectivity index (χ0v) is 17.0. The average molecular weight is 394 g/mol. The maximum atomic E-state index is 13.0. The minimum Gasteiger partial charge on any atom is -0.378 e. The Morgan fingerprint density at radius 2 is 1.78 bits per heavy atom. The molecule has 0 unspecified atom stereocenters. The SMILES string of the molecule is CN(C)c1ccc(N2C(=O)/C(=C\c3cn(C)c4ccccc34)SC2=S)cc1. The van der Waals surface area contributed by atoms with Gasteiger partial charge in [-0.1, -0.05) is 42.2 Å². The van der Waals surface area contributed by atoms with Crippen molar-refractivity contribution in [2.24, 2.45) is 7.05 Å². The van der Waals surface area contributed by atoms with Crippen LogP contribution in [0.25, 0.3) is 17.0 Å². The van der Waals surface area contributed by atoms with Crippen LogP contribution in [0.5, 0.6) is 0 Å². The van der Waals surface area contributed by atoms with Crippen molar-refractivity contribution in [2.45, 2.75) is 0 Å². The number of para-hydroxylation sites is 1. The molecular formula is C21H19N3OS2. The Balaban J connectivity index is 1.69. The lowest BCUT2D eigenvalue weighted by atomic mass is 10.1. The number of benzene rings is 2. The smallest absolute Gasteiger partial charge is 0.270 e. The van der Waals surface area contributed by atoms with Gasteiger partial charge in [-0.3, -0.25) is 9.69 Å². The summed E-state index contributed by atoms with van der Waals surface area (Å²) >= 11 is 6.84. The zero-order valence-electron chi connectivity index (χ0n) is 15.3. The minimum atomic E-state index is -0.0736. The van der Waals surface area contributed by atoms with Gasteiger partial charge in [-0.2, -0.15) is 0 Å². The van der Waals surface area contributed by atoms with Crippen LogP contribution in [0.4, 0.5) is 11.4 Å². The van der Waals surface area contributed by atoms with Crippen molar-refractivity contribution in [3.63, 3.8) is 0 Å². The van der Waals surface area contributed by atoms with Crippen molar-refractivity contribution in [2.75, 3.05) is 23.9 Å². The highest BCUT2D eigenvalue weighted by Crippen LogP contribution is 2.37. The van der Waals surface area contributed by atoms with E-state index < -0.39 is 0 Å². The van der Waals surface area contributed by atoms with Crippen LogP contribution in [0.2, 0.25) is 0 Å². The molecule has 0 saturated carbocycles. The van der Waals surface area contributed by atoms with Gasteiger partial charge < -0.3 is 9.47 Å². The van der Waals surface area contributed by atoms with Crippen LogP contribution in [-0.4, -0.2) is 28.9 Å². The standard InChI is InChI=1S/C21H19N3OS2/c1-22(2)15-8-10-16(11-9-15)24-20(25)19(27-21(24)26)12-14-13-23(3)18-7-5-4-6-17(14)18/h4-13H,1-3H3/b19-12+. The molecule has 1 aliphatic heterocycles. The molecule has 6 heteroatoms. The van der Waals surface area contributed by atoms with Crippen LogP contribution in [0.1, 0.15) is 5.56 Å². The molecule has 0 bridgehead atoms. The summed E-state index contributed by atoms with van der Waals surface area (Å²) in [6, 6.07) is 16.0. The summed E-state index contributed by atoms with van der Waals surface area (Å²) in [5, 5.41) is 1.13. The molecule has 1 aliphatic rings. The summed E-state index contributed by atoms with van der Waals surface area (Å²) in [6.45, 7) is 0. The van der Waals surface area contributed by atoms with E-state index in [9.17, 15) is 4.79 Å². The predicted octanol–water partition coefficient (Wildman–Crippen LogP) is 4.65. The second-order valence-electron chi connectivity index (χ2n) is 6.64. The van der Waals surface area contributed by atoms with Crippen LogP contribution in [0, 0.1) is 0 Å². The van der Waals surface area contributed by atoms with Gasteiger partial charge in [0.1, 0.15) is 0 Å². The number of carbonyl (C=O) groups is 1. The lowest BCUT2D eigenvalue weighted by Crippen LogP contribution is -2.27. The third-order valence-corrected chi connectivity index (χ3v) is 5.93. The fourth-order valence-corrected chi connectivity index (χ4v) is 4.51. The molecule has 0 radical (unpaired) electrons. The Kier molecular flexibility index (Phi) is 4.53.